The molecule has 4 heteroatoms. The molecule has 1 rings (SSSR count). The van der Waals surface area contributed by atoms with Crippen molar-refractivity contribution in [1.29, 1.82) is 0 Å². The monoisotopic (exact) mass is 381 g/mol. The van der Waals surface area contributed by atoms with Crippen LogP contribution < -0.4 is 10.6 Å². The first kappa shape index (κ1) is 24.4. The summed E-state index contributed by atoms with van der Waals surface area (Å²) in [5, 5.41) is 6.36. The predicted molar refractivity (Wildman–Crippen MR) is 117 cm³/mol. The Hall–Kier alpha value is -0.610. The normalized spacial score (nSPS) is 14.7. The summed E-state index contributed by atoms with van der Waals surface area (Å²) < 4.78 is 0. The molecule has 0 atom stereocenters. The van der Waals surface area contributed by atoms with Gasteiger partial charge in [-0.2, -0.15) is 0 Å². The van der Waals surface area contributed by atoms with Gasteiger partial charge in [0.15, 0.2) is 0 Å². The Balaban J connectivity index is 1.70. The van der Waals surface area contributed by atoms with Crippen LogP contribution in [-0.2, 0) is 4.79 Å². The van der Waals surface area contributed by atoms with Gasteiger partial charge in [-0.15, -0.1) is 0 Å². The maximum Gasteiger partial charge on any atom is 0.220 e. The second-order valence-corrected chi connectivity index (χ2v) is 8.33. The molecule has 0 spiro atoms. The molecule has 160 valence electrons. The molecular weight excluding hydrogens is 334 g/mol. The predicted octanol–water partition coefficient (Wildman–Crippen LogP) is 5.23. The van der Waals surface area contributed by atoms with E-state index in [-0.39, 0.29) is 5.91 Å². The molecule has 0 aromatic heterocycles. The van der Waals surface area contributed by atoms with Crippen molar-refractivity contribution in [3.63, 3.8) is 0 Å². The van der Waals surface area contributed by atoms with Crippen molar-refractivity contribution in [2.45, 2.75) is 110 Å². The number of unbranched alkanes of at least 4 members (excludes halogenated alkanes) is 14. The van der Waals surface area contributed by atoms with E-state index in [1.807, 2.05) is 0 Å². The van der Waals surface area contributed by atoms with E-state index >= 15 is 0 Å². The van der Waals surface area contributed by atoms with Crippen LogP contribution in [0.15, 0.2) is 0 Å². The number of hydrogen-bond donors (Lipinski definition) is 2. The first-order valence-corrected chi connectivity index (χ1v) is 12.0. The van der Waals surface area contributed by atoms with E-state index in [0.717, 1.165) is 39.3 Å². The molecule has 0 unspecified atom stereocenters. The number of rotatable bonds is 19. The van der Waals surface area contributed by atoms with Crippen molar-refractivity contribution in [3.05, 3.63) is 0 Å². The lowest BCUT2D eigenvalue weighted by Crippen LogP contribution is -2.34. The Bertz CT molecular complexity index is 330. The van der Waals surface area contributed by atoms with E-state index in [0.29, 0.717) is 6.42 Å². The highest BCUT2D eigenvalue weighted by Gasteiger charge is 2.10. The van der Waals surface area contributed by atoms with Gasteiger partial charge in [0, 0.05) is 39.3 Å². The van der Waals surface area contributed by atoms with Crippen LogP contribution in [0.1, 0.15) is 110 Å². The Morgan fingerprint density at radius 1 is 0.815 bits per heavy atom. The van der Waals surface area contributed by atoms with E-state index in [1.54, 1.807) is 0 Å². The summed E-state index contributed by atoms with van der Waals surface area (Å²) in [7, 11) is 0. The molecular formula is C23H47N3O. The first-order valence-electron chi connectivity index (χ1n) is 12.0. The summed E-state index contributed by atoms with van der Waals surface area (Å²) in [4.78, 5) is 14.1. The number of carbonyl (C=O) groups excluding carboxylic acids is 1. The van der Waals surface area contributed by atoms with Gasteiger partial charge in [0.05, 0.1) is 0 Å². The SMILES string of the molecule is CCCCCCCCCCCCCCCCCC(=O)NCCN1CCNC1. The topological polar surface area (TPSA) is 44.4 Å². The molecule has 1 amide bonds. The van der Waals surface area contributed by atoms with Crippen LogP contribution in [-0.4, -0.2) is 43.7 Å². The zero-order chi connectivity index (χ0) is 19.4. The van der Waals surface area contributed by atoms with Crippen molar-refractivity contribution >= 4 is 5.91 Å². The van der Waals surface area contributed by atoms with Gasteiger partial charge in [-0.1, -0.05) is 96.8 Å². The molecule has 2 N–H and O–H groups in total. The summed E-state index contributed by atoms with van der Waals surface area (Å²) in [6.45, 7) is 7.19. The molecule has 0 aliphatic carbocycles. The molecule has 27 heavy (non-hydrogen) atoms. The van der Waals surface area contributed by atoms with Gasteiger partial charge < -0.3 is 10.6 Å². The Morgan fingerprint density at radius 2 is 1.33 bits per heavy atom. The average Bonchev–Trinajstić information content (AvgIpc) is 3.18. The zero-order valence-electron chi connectivity index (χ0n) is 18.2. The minimum absolute atomic E-state index is 0.233. The van der Waals surface area contributed by atoms with Gasteiger partial charge in [0.25, 0.3) is 0 Å². The summed E-state index contributed by atoms with van der Waals surface area (Å²) in [5.41, 5.74) is 0. The van der Waals surface area contributed by atoms with Crippen molar-refractivity contribution < 1.29 is 4.79 Å². The van der Waals surface area contributed by atoms with E-state index in [9.17, 15) is 4.79 Å². The average molecular weight is 382 g/mol. The second kappa shape index (κ2) is 18.7. The highest BCUT2D eigenvalue weighted by atomic mass is 16.1. The fourth-order valence-corrected chi connectivity index (χ4v) is 3.84. The summed E-state index contributed by atoms with van der Waals surface area (Å²) in [6, 6.07) is 0. The molecule has 0 radical (unpaired) electrons. The number of carbonyl (C=O) groups is 1. The lowest BCUT2D eigenvalue weighted by molar-refractivity contribution is -0.121. The molecule has 4 nitrogen and oxygen atoms in total. The quantitative estimate of drug-likeness (QED) is 0.301. The fraction of sp³-hybridized carbons (Fsp3) is 0.957. The minimum Gasteiger partial charge on any atom is -0.355 e. The number of hydrogen-bond acceptors (Lipinski definition) is 3. The van der Waals surface area contributed by atoms with Crippen molar-refractivity contribution in [2.24, 2.45) is 0 Å². The fourth-order valence-electron chi connectivity index (χ4n) is 3.84. The number of nitrogens with one attached hydrogen (secondary N) is 2. The van der Waals surface area contributed by atoms with Crippen LogP contribution in [0.25, 0.3) is 0 Å². The van der Waals surface area contributed by atoms with Crippen LogP contribution in [0.4, 0.5) is 0 Å². The van der Waals surface area contributed by atoms with Crippen LogP contribution in [0.5, 0.6) is 0 Å². The number of amides is 1. The van der Waals surface area contributed by atoms with Gasteiger partial charge >= 0.3 is 0 Å². The maximum absolute atomic E-state index is 11.8. The van der Waals surface area contributed by atoms with E-state index in [4.69, 9.17) is 0 Å². The van der Waals surface area contributed by atoms with Crippen molar-refractivity contribution in [2.75, 3.05) is 32.8 Å². The zero-order valence-corrected chi connectivity index (χ0v) is 18.2. The minimum atomic E-state index is 0.233. The molecule has 1 fully saturated rings. The van der Waals surface area contributed by atoms with Gasteiger partial charge in [-0.3, -0.25) is 9.69 Å². The maximum atomic E-state index is 11.8. The standard InChI is InChI=1S/C23H47N3O/c1-2-3-4-5-6-7-8-9-10-11-12-13-14-15-16-17-23(27)25-19-21-26-20-18-24-22-26/h24H,2-22H2,1H3,(H,25,27). The van der Waals surface area contributed by atoms with E-state index in [1.165, 1.54) is 89.9 Å². The Morgan fingerprint density at radius 3 is 1.81 bits per heavy atom. The molecule has 0 saturated carbocycles. The van der Waals surface area contributed by atoms with Gasteiger partial charge in [0.1, 0.15) is 0 Å². The molecule has 0 aromatic carbocycles. The lowest BCUT2D eigenvalue weighted by atomic mass is 10.0. The number of nitrogens with zero attached hydrogens (tertiary/aromatic N) is 1. The third kappa shape index (κ3) is 16.1. The smallest absolute Gasteiger partial charge is 0.220 e. The van der Waals surface area contributed by atoms with Crippen LogP contribution in [0.2, 0.25) is 0 Å². The lowest BCUT2D eigenvalue weighted by Gasteiger charge is -2.13. The van der Waals surface area contributed by atoms with Gasteiger partial charge in [-0.05, 0) is 6.42 Å². The summed E-state index contributed by atoms with van der Waals surface area (Å²) >= 11 is 0. The Kier molecular flexibility index (Phi) is 17.0. The first-order chi connectivity index (χ1) is 13.3. The third-order valence-corrected chi connectivity index (χ3v) is 5.70. The molecule has 1 aliphatic rings. The second-order valence-electron chi connectivity index (χ2n) is 8.33. The molecule has 0 aromatic rings. The van der Waals surface area contributed by atoms with E-state index < -0.39 is 0 Å². The molecule has 1 saturated heterocycles. The third-order valence-electron chi connectivity index (χ3n) is 5.70. The van der Waals surface area contributed by atoms with Crippen molar-refractivity contribution in [3.8, 4) is 0 Å². The largest absolute Gasteiger partial charge is 0.355 e. The molecule has 1 heterocycles. The summed E-state index contributed by atoms with van der Waals surface area (Å²) in [5.74, 6) is 0.233. The van der Waals surface area contributed by atoms with Crippen molar-refractivity contribution in [1.82, 2.24) is 15.5 Å². The summed E-state index contributed by atoms with van der Waals surface area (Å²) in [6.07, 6.45) is 21.2. The highest BCUT2D eigenvalue weighted by molar-refractivity contribution is 5.75. The Labute approximate surface area is 169 Å². The molecule has 1 aliphatic heterocycles. The van der Waals surface area contributed by atoms with Crippen LogP contribution in [0, 0.1) is 0 Å². The highest BCUT2D eigenvalue weighted by Crippen LogP contribution is 2.13. The van der Waals surface area contributed by atoms with Gasteiger partial charge in [0.2, 0.25) is 5.91 Å². The van der Waals surface area contributed by atoms with E-state index in [2.05, 4.69) is 22.5 Å². The van der Waals surface area contributed by atoms with Crippen LogP contribution in [0.3, 0.4) is 0 Å². The van der Waals surface area contributed by atoms with Crippen LogP contribution >= 0.6 is 0 Å². The molecule has 0 bridgehead atoms. The van der Waals surface area contributed by atoms with Gasteiger partial charge in [-0.25, -0.2) is 0 Å².